The summed E-state index contributed by atoms with van der Waals surface area (Å²) >= 11 is 11.8. The average Bonchev–Trinajstić information content (AvgIpc) is 2.61. The minimum Gasteiger partial charge on any atom is -0.492 e. The van der Waals surface area contributed by atoms with Gasteiger partial charge in [-0.05, 0) is 42.2 Å². The van der Waals surface area contributed by atoms with Crippen LogP contribution in [0.15, 0.2) is 47.6 Å². The average molecular weight is 379 g/mol. The van der Waals surface area contributed by atoms with Gasteiger partial charge in [-0.1, -0.05) is 54.4 Å². The van der Waals surface area contributed by atoms with Crippen LogP contribution < -0.4 is 10.2 Å². The molecule has 0 aromatic heterocycles. The molecule has 0 aliphatic heterocycles. The number of carbonyl (C=O) groups excluding carboxylic acids is 1. The number of carbonyl (C=O) groups is 1. The molecule has 2 aromatic rings. The Morgan fingerprint density at radius 3 is 2.64 bits per heavy atom. The van der Waals surface area contributed by atoms with Crippen molar-refractivity contribution in [3.8, 4) is 5.75 Å². The summed E-state index contributed by atoms with van der Waals surface area (Å²) in [6.45, 7) is 2.49. The first kappa shape index (κ1) is 19.3. The second-order valence-corrected chi connectivity index (χ2v) is 6.26. The maximum absolute atomic E-state index is 11.7. The van der Waals surface area contributed by atoms with Gasteiger partial charge in [0.1, 0.15) is 5.75 Å². The van der Waals surface area contributed by atoms with Crippen LogP contribution in [-0.2, 0) is 11.2 Å². The standard InChI is InChI=1S/C19H20Cl2N2O2/c1-2-14-5-7-15(8-6-14)13-22-23-19(24)4-3-11-25-18-10-9-16(20)12-17(18)21/h5-10,12-13H,2-4,11H2,1H3,(H,23,24). The summed E-state index contributed by atoms with van der Waals surface area (Å²) in [5.74, 6) is 0.396. The third-order valence-corrected chi connectivity index (χ3v) is 4.02. The van der Waals surface area contributed by atoms with Crippen LogP contribution in [0, 0.1) is 0 Å². The molecule has 0 unspecified atom stereocenters. The second-order valence-electron chi connectivity index (χ2n) is 5.42. The molecule has 0 saturated carbocycles. The highest BCUT2D eigenvalue weighted by Crippen LogP contribution is 2.27. The molecule has 1 amide bonds. The molecule has 25 heavy (non-hydrogen) atoms. The van der Waals surface area contributed by atoms with Gasteiger partial charge in [0.2, 0.25) is 5.91 Å². The van der Waals surface area contributed by atoms with E-state index in [0.29, 0.717) is 35.2 Å². The quantitative estimate of drug-likeness (QED) is 0.404. The van der Waals surface area contributed by atoms with Gasteiger partial charge >= 0.3 is 0 Å². The molecule has 0 saturated heterocycles. The summed E-state index contributed by atoms with van der Waals surface area (Å²) in [4.78, 5) is 11.7. The van der Waals surface area contributed by atoms with E-state index in [4.69, 9.17) is 27.9 Å². The number of nitrogens with zero attached hydrogens (tertiary/aromatic N) is 1. The molecule has 0 heterocycles. The number of amides is 1. The zero-order valence-corrected chi connectivity index (χ0v) is 15.5. The number of hydrogen-bond donors (Lipinski definition) is 1. The number of aryl methyl sites for hydroxylation is 1. The van der Waals surface area contributed by atoms with Crippen molar-refractivity contribution >= 4 is 35.3 Å². The summed E-state index contributed by atoms with van der Waals surface area (Å²) in [5, 5.41) is 4.97. The van der Waals surface area contributed by atoms with E-state index in [2.05, 4.69) is 17.5 Å². The lowest BCUT2D eigenvalue weighted by Gasteiger charge is -2.07. The van der Waals surface area contributed by atoms with Gasteiger partial charge in [-0.15, -0.1) is 0 Å². The van der Waals surface area contributed by atoms with Crippen LogP contribution >= 0.6 is 23.2 Å². The molecular weight excluding hydrogens is 359 g/mol. The van der Waals surface area contributed by atoms with Crippen molar-refractivity contribution in [3.63, 3.8) is 0 Å². The smallest absolute Gasteiger partial charge is 0.240 e. The van der Waals surface area contributed by atoms with Crippen LogP contribution in [0.4, 0.5) is 0 Å². The van der Waals surface area contributed by atoms with E-state index in [1.165, 1.54) is 5.56 Å². The monoisotopic (exact) mass is 378 g/mol. The van der Waals surface area contributed by atoms with Crippen LogP contribution in [0.25, 0.3) is 0 Å². The van der Waals surface area contributed by atoms with Crippen molar-refractivity contribution in [3.05, 3.63) is 63.6 Å². The first-order chi connectivity index (χ1) is 12.1. The van der Waals surface area contributed by atoms with Gasteiger partial charge in [0.25, 0.3) is 0 Å². The minimum atomic E-state index is -0.160. The highest BCUT2D eigenvalue weighted by atomic mass is 35.5. The van der Waals surface area contributed by atoms with Crippen LogP contribution in [0.5, 0.6) is 5.75 Å². The summed E-state index contributed by atoms with van der Waals surface area (Å²) in [6, 6.07) is 13.1. The number of nitrogens with one attached hydrogen (secondary N) is 1. The zero-order valence-electron chi connectivity index (χ0n) is 14.0. The number of benzene rings is 2. The van der Waals surface area contributed by atoms with E-state index >= 15 is 0 Å². The van der Waals surface area contributed by atoms with E-state index in [-0.39, 0.29) is 5.91 Å². The fourth-order valence-corrected chi connectivity index (χ4v) is 2.54. The summed E-state index contributed by atoms with van der Waals surface area (Å²) in [7, 11) is 0. The van der Waals surface area contributed by atoms with Gasteiger partial charge < -0.3 is 4.74 Å². The molecule has 0 aliphatic carbocycles. The molecule has 6 heteroatoms. The Kier molecular flexibility index (Phi) is 7.76. The fraction of sp³-hybridized carbons (Fsp3) is 0.263. The largest absolute Gasteiger partial charge is 0.492 e. The SMILES string of the molecule is CCc1ccc(C=NNC(=O)CCCOc2ccc(Cl)cc2Cl)cc1. The van der Waals surface area contributed by atoms with Crippen molar-refractivity contribution in [1.29, 1.82) is 0 Å². The Morgan fingerprint density at radius 1 is 1.20 bits per heavy atom. The number of rotatable bonds is 8. The predicted molar refractivity (Wildman–Crippen MR) is 103 cm³/mol. The van der Waals surface area contributed by atoms with Crippen molar-refractivity contribution in [2.75, 3.05) is 6.61 Å². The lowest BCUT2D eigenvalue weighted by atomic mass is 10.1. The van der Waals surface area contributed by atoms with Gasteiger partial charge in [0.15, 0.2) is 0 Å². The number of hydrazone groups is 1. The van der Waals surface area contributed by atoms with Crippen molar-refractivity contribution in [2.24, 2.45) is 5.10 Å². The van der Waals surface area contributed by atoms with Gasteiger partial charge in [-0.3, -0.25) is 4.79 Å². The fourth-order valence-electron chi connectivity index (χ4n) is 2.08. The number of hydrogen-bond acceptors (Lipinski definition) is 3. The molecule has 0 atom stereocenters. The normalized spacial score (nSPS) is 10.8. The van der Waals surface area contributed by atoms with Crippen molar-refractivity contribution in [1.82, 2.24) is 5.43 Å². The molecule has 132 valence electrons. The Morgan fingerprint density at radius 2 is 1.96 bits per heavy atom. The number of ether oxygens (including phenoxy) is 1. The van der Waals surface area contributed by atoms with Crippen molar-refractivity contribution < 1.29 is 9.53 Å². The molecule has 1 N–H and O–H groups in total. The van der Waals surface area contributed by atoms with Crippen LogP contribution in [-0.4, -0.2) is 18.7 Å². The maximum atomic E-state index is 11.7. The lowest BCUT2D eigenvalue weighted by Crippen LogP contribution is -2.18. The Balaban J connectivity index is 1.67. The molecule has 0 radical (unpaired) electrons. The molecule has 0 bridgehead atoms. The zero-order chi connectivity index (χ0) is 18.1. The summed E-state index contributed by atoms with van der Waals surface area (Å²) < 4.78 is 5.53. The van der Waals surface area contributed by atoms with Crippen LogP contribution in [0.1, 0.15) is 30.9 Å². The Bertz CT molecular complexity index is 731. The lowest BCUT2D eigenvalue weighted by molar-refractivity contribution is -0.121. The second kappa shape index (κ2) is 10.1. The van der Waals surface area contributed by atoms with E-state index in [1.807, 2.05) is 24.3 Å². The first-order valence-electron chi connectivity index (χ1n) is 8.07. The molecule has 4 nitrogen and oxygen atoms in total. The molecule has 0 spiro atoms. The molecular formula is C19H20Cl2N2O2. The molecule has 0 aliphatic rings. The highest BCUT2D eigenvalue weighted by Gasteiger charge is 2.04. The van der Waals surface area contributed by atoms with Crippen LogP contribution in [0.2, 0.25) is 10.0 Å². The van der Waals surface area contributed by atoms with Crippen molar-refractivity contribution in [2.45, 2.75) is 26.2 Å². The van der Waals surface area contributed by atoms with Gasteiger partial charge in [0.05, 0.1) is 17.8 Å². The van der Waals surface area contributed by atoms with E-state index < -0.39 is 0 Å². The van der Waals surface area contributed by atoms with Crippen LogP contribution in [0.3, 0.4) is 0 Å². The van der Waals surface area contributed by atoms with Gasteiger partial charge in [-0.25, -0.2) is 5.43 Å². The van der Waals surface area contributed by atoms with E-state index in [0.717, 1.165) is 12.0 Å². The molecule has 0 fully saturated rings. The third-order valence-electron chi connectivity index (χ3n) is 3.49. The summed E-state index contributed by atoms with van der Waals surface area (Å²) in [6.07, 6.45) is 3.50. The predicted octanol–water partition coefficient (Wildman–Crippen LogP) is 4.87. The minimum absolute atomic E-state index is 0.160. The Hall–Kier alpha value is -2.04. The molecule has 2 rings (SSSR count). The molecule has 2 aromatic carbocycles. The van der Waals surface area contributed by atoms with Gasteiger partial charge in [0, 0.05) is 11.4 Å². The topological polar surface area (TPSA) is 50.7 Å². The van der Waals surface area contributed by atoms with Gasteiger partial charge in [-0.2, -0.15) is 5.10 Å². The summed E-state index contributed by atoms with van der Waals surface area (Å²) in [5.41, 5.74) is 4.72. The highest BCUT2D eigenvalue weighted by molar-refractivity contribution is 6.35. The van der Waals surface area contributed by atoms with E-state index in [9.17, 15) is 4.79 Å². The van der Waals surface area contributed by atoms with E-state index in [1.54, 1.807) is 24.4 Å². The third kappa shape index (κ3) is 6.77. The first-order valence-corrected chi connectivity index (χ1v) is 8.82. The maximum Gasteiger partial charge on any atom is 0.240 e. The Labute approximate surface area is 157 Å². The number of halogens is 2.